The summed E-state index contributed by atoms with van der Waals surface area (Å²) in [6.07, 6.45) is 7.92. The van der Waals surface area contributed by atoms with E-state index in [0.717, 1.165) is 35.3 Å². The lowest BCUT2D eigenvalue weighted by Crippen LogP contribution is -2.52. The zero-order valence-electron chi connectivity index (χ0n) is 23.8. The quantitative estimate of drug-likeness (QED) is 0.215. The number of benzene rings is 2. The van der Waals surface area contributed by atoms with E-state index in [1.54, 1.807) is 39.0 Å². The van der Waals surface area contributed by atoms with E-state index in [-0.39, 0.29) is 12.2 Å². The van der Waals surface area contributed by atoms with Gasteiger partial charge in [-0.3, -0.25) is 14.5 Å². The van der Waals surface area contributed by atoms with Crippen LogP contribution in [0.4, 0.5) is 4.79 Å². The first kappa shape index (κ1) is 31.2. The summed E-state index contributed by atoms with van der Waals surface area (Å²) in [5.41, 5.74) is 2.30. The van der Waals surface area contributed by atoms with E-state index in [0.29, 0.717) is 17.7 Å². The van der Waals surface area contributed by atoms with Gasteiger partial charge >= 0.3 is 6.09 Å². The molecule has 2 atom stereocenters. The van der Waals surface area contributed by atoms with Gasteiger partial charge in [0.05, 0.1) is 0 Å². The molecule has 0 aliphatic rings. The Morgan fingerprint density at radius 1 is 1.08 bits per heavy atom. The van der Waals surface area contributed by atoms with E-state index < -0.39 is 35.6 Å². The highest BCUT2D eigenvalue weighted by Gasteiger charge is 2.36. The van der Waals surface area contributed by atoms with E-state index in [4.69, 9.17) is 11.2 Å². The number of hydrogen-bond donors (Lipinski definition) is 3. The number of unbranched alkanes of at least 4 members (excludes halogenated alkanes) is 2. The molecule has 0 radical (unpaired) electrons. The van der Waals surface area contributed by atoms with Crippen LogP contribution in [0.1, 0.15) is 75.3 Å². The predicted molar refractivity (Wildman–Crippen MR) is 152 cm³/mol. The van der Waals surface area contributed by atoms with Gasteiger partial charge in [-0.25, -0.2) is 4.79 Å². The number of alkyl carbamates (subject to hydrolysis) is 1. The number of terminal acetylenes is 1. The zero-order chi connectivity index (χ0) is 29.2. The van der Waals surface area contributed by atoms with Crippen molar-refractivity contribution >= 4 is 17.9 Å². The SMILES string of the molecule is C#CN(C(=O)C(Cc1ccc(O)cc1)NC(=O)OC(C)(C)C)C(C(=O)NCCCCC)c1ccc(C)cc1C. The molecule has 0 aliphatic heterocycles. The number of amides is 3. The number of nitrogens with zero attached hydrogens (tertiary/aromatic N) is 1. The van der Waals surface area contributed by atoms with Crippen molar-refractivity contribution in [2.45, 2.75) is 84.9 Å². The first-order valence-electron chi connectivity index (χ1n) is 13.3. The Morgan fingerprint density at radius 2 is 1.74 bits per heavy atom. The van der Waals surface area contributed by atoms with Gasteiger partial charge in [-0.1, -0.05) is 62.1 Å². The highest BCUT2D eigenvalue weighted by Crippen LogP contribution is 2.26. The van der Waals surface area contributed by atoms with Gasteiger partial charge in [0.2, 0.25) is 5.91 Å². The number of hydrogen-bond acceptors (Lipinski definition) is 5. The Bertz CT molecular complexity index is 1180. The standard InChI is InChI=1S/C31H41N3O5/c1-8-10-11-18-32-28(36)27(25-17-12-21(3)19-22(25)4)34(9-2)29(37)26(33-30(38)39-31(5,6)7)20-23-13-15-24(35)16-14-23/h2,12-17,19,26-27,35H,8,10-11,18,20H2,1,3-7H3,(H,32,36)(H,33,38). The van der Waals surface area contributed by atoms with Crippen molar-refractivity contribution in [2.75, 3.05) is 6.54 Å². The Labute approximate surface area is 232 Å². The number of aromatic hydroxyl groups is 1. The van der Waals surface area contributed by atoms with Crippen molar-refractivity contribution in [1.82, 2.24) is 15.5 Å². The first-order chi connectivity index (χ1) is 18.4. The summed E-state index contributed by atoms with van der Waals surface area (Å²) in [4.78, 5) is 41.3. The van der Waals surface area contributed by atoms with Crippen molar-refractivity contribution in [1.29, 1.82) is 0 Å². The van der Waals surface area contributed by atoms with Gasteiger partial charge in [0.25, 0.3) is 5.91 Å². The Kier molecular flexibility index (Phi) is 11.4. The molecule has 0 heterocycles. The lowest BCUT2D eigenvalue weighted by Gasteiger charge is -2.31. The maximum atomic E-state index is 14.0. The number of phenolic OH excluding ortho intramolecular Hbond substituents is 1. The van der Waals surface area contributed by atoms with Crippen LogP contribution in [0.3, 0.4) is 0 Å². The van der Waals surface area contributed by atoms with Gasteiger partial charge in [-0.2, -0.15) is 0 Å². The predicted octanol–water partition coefficient (Wildman–Crippen LogP) is 4.91. The van der Waals surface area contributed by atoms with Crippen LogP contribution in [0.15, 0.2) is 42.5 Å². The van der Waals surface area contributed by atoms with Crippen LogP contribution < -0.4 is 10.6 Å². The van der Waals surface area contributed by atoms with Crippen LogP contribution in [-0.4, -0.2) is 46.1 Å². The van der Waals surface area contributed by atoms with Gasteiger partial charge in [0.1, 0.15) is 23.4 Å². The first-order valence-corrected chi connectivity index (χ1v) is 13.3. The van der Waals surface area contributed by atoms with E-state index >= 15 is 0 Å². The summed E-state index contributed by atoms with van der Waals surface area (Å²) >= 11 is 0. The molecule has 3 amide bonds. The fourth-order valence-electron chi connectivity index (χ4n) is 4.16. The Morgan fingerprint density at radius 3 is 2.31 bits per heavy atom. The van der Waals surface area contributed by atoms with Gasteiger partial charge in [-0.15, -0.1) is 0 Å². The van der Waals surface area contributed by atoms with E-state index in [9.17, 15) is 19.5 Å². The molecule has 2 rings (SSSR count). The molecule has 2 aromatic rings. The topological polar surface area (TPSA) is 108 Å². The Balaban J connectivity index is 2.48. The molecule has 3 N–H and O–H groups in total. The van der Waals surface area contributed by atoms with Gasteiger partial charge < -0.3 is 20.5 Å². The maximum absolute atomic E-state index is 14.0. The van der Waals surface area contributed by atoms with Crippen LogP contribution in [0, 0.1) is 26.3 Å². The second-order valence-corrected chi connectivity index (χ2v) is 10.7. The minimum atomic E-state index is -1.14. The number of carbonyl (C=O) groups is 3. The number of phenols is 1. The fraction of sp³-hybridized carbons (Fsp3) is 0.452. The van der Waals surface area contributed by atoms with Crippen molar-refractivity contribution in [3.05, 3.63) is 64.7 Å². The molecule has 39 heavy (non-hydrogen) atoms. The average Bonchev–Trinajstić information content (AvgIpc) is 2.85. The lowest BCUT2D eigenvalue weighted by atomic mass is 9.96. The summed E-state index contributed by atoms with van der Waals surface area (Å²) in [7, 11) is 0. The molecule has 0 aromatic heterocycles. The maximum Gasteiger partial charge on any atom is 0.408 e. The fourth-order valence-corrected chi connectivity index (χ4v) is 4.16. The molecule has 0 spiro atoms. The number of rotatable bonds is 11. The monoisotopic (exact) mass is 535 g/mol. The van der Waals surface area contributed by atoms with Crippen LogP contribution in [0.5, 0.6) is 5.75 Å². The second kappa shape index (κ2) is 14.2. The number of carbonyl (C=O) groups excluding carboxylic acids is 3. The van der Waals surface area contributed by atoms with E-state index in [2.05, 4.69) is 23.6 Å². The third-order valence-corrected chi connectivity index (χ3v) is 6.05. The summed E-state index contributed by atoms with van der Waals surface area (Å²) in [5.74, 6) is -0.961. The molecule has 8 nitrogen and oxygen atoms in total. The molecule has 210 valence electrons. The Hall–Kier alpha value is -3.99. The van der Waals surface area contributed by atoms with Crippen LogP contribution in [-0.2, 0) is 20.7 Å². The highest BCUT2D eigenvalue weighted by molar-refractivity contribution is 5.93. The number of aryl methyl sites for hydroxylation is 2. The molecule has 2 aromatic carbocycles. The van der Waals surface area contributed by atoms with Crippen molar-refractivity contribution < 1.29 is 24.2 Å². The molecule has 0 bridgehead atoms. The third kappa shape index (κ3) is 9.68. The van der Waals surface area contributed by atoms with Gasteiger partial charge in [-0.05, 0) is 69.9 Å². The summed E-state index contributed by atoms with van der Waals surface area (Å²) in [6, 6.07) is 12.0. The van der Waals surface area contributed by atoms with Crippen LogP contribution in [0.2, 0.25) is 0 Å². The van der Waals surface area contributed by atoms with Crippen LogP contribution in [0.25, 0.3) is 0 Å². The smallest absolute Gasteiger partial charge is 0.408 e. The normalized spacial score (nSPS) is 12.5. The van der Waals surface area contributed by atoms with Gasteiger partial charge in [0.15, 0.2) is 0 Å². The van der Waals surface area contributed by atoms with Crippen molar-refractivity contribution in [3.8, 4) is 18.2 Å². The molecule has 2 unspecified atom stereocenters. The molecule has 0 aliphatic carbocycles. The molecule has 0 saturated carbocycles. The molecule has 0 fully saturated rings. The molecule has 8 heteroatoms. The summed E-state index contributed by atoms with van der Waals surface area (Å²) in [5, 5.41) is 15.2. The third-order valence-electron chi connectivity index (χ3n) is 6.05. The summed E-state index contributed by atoms with van der Waals surface area (Å²) in [6.45, 7) is 11.5. The minimum absolute atomic E-state index is 0.0637. The van der Waals surface area contributed by atoms with Crippen molar-refractivity contribution in [3.63, 3.8) is 0 Å². The zero-order valence-corrected chi connectivity index (χ0v) is 23.8. The number of nitrogens with one attached hydrogen (secondary N) is 2. The lowest BCUT2D eigenvalue weighted by molar-refractivity contribution is -0.138. The molecule has 0 saturated heterocycles. The van der Waals surface area contributed by atoms with Crippen LogP contribution >= 0.6 is 0 Å². The largest absolute Gasteiger partial charge is 0.508 e. The minimum Gasteiger partial charge on any atom is -0.508 e. The second-order valence-electron chi connectivity index (χ2n) is 10.7. The highest BCUT2D eigenvalue weighted by atomic mass is 16.6. The molecular weight excluding hydrogens is 494 g/mol. The van der Waals surface area contributed by atoms with E-state index in [1.807, 2.05) is 26.0 Å². The summed E-state index contributed by atoms with van der Waals surface area (Å²) < 4.78 is 5.40. The van der Waals surface area contributed by atoms with Crippen molar-refractivity contribution in [2.24, 2.45) is 0 Å². The average molecular weight is 536 g/mol. The molecular formula is C31H41N3O5. The van der Waals surface area contributed by atoms with E-state index in [1.165, 1.54) is 12.1 Å². The number of ether oxygens (including phenoxy) is 1. The van der Waals surface area contributed by atoms with Gasteiger partial charge in [0, 0.05) is 19.0 Å².